The van der Waals surface area contributed by atoms with Gasteiger partial charge in [-0.05, 0) is 42.8 Å². The predicted molar refractivity (Wildman–Crippen MR) is 107 cm³/mol. The van der Waals surface area contributed by atoms with E-state index in [2.05, 4.69) is 29.4 Å². The lowest BCUT2D eigenvalue weighted by atomic mass is 10.1. The van der Waals surface area contributed by atoms with Crippen molar-refractivity contribution in [2.45, 2.75) is 18.4 Å². The number of rotatable bonds is 5. The molecule has 0 atom stereocenters. The topological polar surface area (TPSA) is 42.0 Å². The molecule has 0 unspecified atom stereocenters. The van der Waals surface area contributed by atoms with Crippen molar-refractivity contribution >= 4 is 57.5 Å². The SMILES string of the molecule is Cc1cc(SCCC(=O)Nc2cc(Cl)ccc2Cl)nc2ccccc12. The fourth-order valence-electron chi connectivity index (χ4n) is 2.45. The first-order valence-electron chi connectivity index (χ1n) is 7.77. The summed E-state index contributed by atoms with van der Waals surface area (Å²) >= 11 is 13.5. The Kier molecular flexibility index (Phi) is 5.84. The van der Waals surface area contributed by atoms with Crippen LogP contribution in [0, 0.1) is 6.92 Å². The molecule has 0 bridgehead atoms. The van der Waals surface area contributed by atoms with Crippen molar-refractivity contribution in [3.8, 4) is 0 Å². The molecular weight excluding hydrogens is 375 g/mol. The molecule has 0 fully saturated rings. The van der Waals surface area contributed by atoms with Crippen molar-refractivity contribution in [1.29, 1.82) is 0 Å². The zero-order valence-electron chi connectivity index (χ0n) is 13.6. The van der Waals surface area contributed by atoms with E-state index in [1.54, 1.807) is 30.0 Å². The maximum Gasteiger partial charge on any atom is 0.225 e. The van der Waals surface area contributed by atoms with Crippen molar-refractivity contribution in [2.24, 2.45) is 0 Å². The second-order valence-electron chi connectivity index (χ2n) is 5.57. The molecule has 1 amide bonds. The lowest BCUT2D eigenvalue weighted by Crippen LogP contribution is -2.12. The molecule has 1 heterocycles. The smallest absolute Gasteiger partial charge is 0.225 e. The first-order chi connectivity index (χ1) is 12.0. The van der Waals surface area contributed by atoms with E-state index in [0.29, 0.717) is 27.9 Å². The largest absolute Gasteiger partial charge is 0.325 e. The van der Waals surface area contributed by atoms with Gasteiger partial charge in [0, 0.05) is 22.6 Å². The third kappa shape index (κ3) is 4.66. The number of pyridine rings is 1. The van der Waals surface area contributed by atoms with Crippen molar-refractivity contribution in [3.05, 3.63) is 64.1 Å². The number of aryl methyl sites for hydroxylation is 1. The summed E-state index contributed by atoms with van der Waals surface area (Å²) in [5.41, 5.74) is 2.69. The van der Waals surface area contributed by atoms with E-state index < -0.39 is 0 Å². The van der Waals surface area contributed by atoms with Crippen LogP contribution in [-0.2, 0) is 4.79 Å². The van der Waals surface area contributed by atoms with Crippen LogP contribution < -0.4 is 5.32 Å². The molecule has 2 aromatic carbocycles. The highest BCUT2D eigenvalue weighted by atomic mass is 35.5. The summed E-state index contributed by atoms with van der Waals surface area (Å²) in [6, 6.07) is 15.1. The average molecular weight is 391 g/mol. The summed E-state index contributed by atoms with van der Waals surface area (Å²) in [5, 5.41) is 5.87. The van der Waals surface area contributed by atoms with Gasteiger partial charge in [0.25, 0.3) is 0 Å². The van der Waals surface area contributed by atoms with Crippen LogP contribution in [-0.4, -0.2) is 16.6 Å². The second kappa shape index (κ2) is 8.09. The van der Waals surface area contributed by atoms with Gasteiger partial charge in [-0.15, -0.1) is 11.8 Å². The second-order valence-corrected chi connectivity index (χ2v) is 7.52. The summed E-state index contributed by atoms with van der Waals surface area (Å²) in [6.07, 6.45) is 0.362. The van der Waals surface area contributed by atoms with Gasteiger partial charge in [-0.2, -0.15) is 0 Å². The normalized spacial score (nSPS) is 10.8. The molecule has 3 aromatic rings. The first-order valence-corrected chi connectivity index (χ1v) is 9.51. The third-order valence-electron chi connectivity index (χ3n) is 3.68. The fraction of sp³-hybridized carbons (Fsp3) is 0.158. The average Bonchev–Trinajstić information content (AvgIpc) is 2.58. The molecule has 128 valence electrons. The van der Waals surface area contributed by atoms with E-state index in [-0.39, 0.29) is 5.91 Å². The van der Waals surface area contributed by atoms with E-state index in [1.807, 2.05) is 18.2 Å². The number of benzene rings is 2. The van der Waals surface area contributed by atoms with Gasteiger partial charge >= 0.3 is 0 Å². The van der Waals surface area contributed by atoms with Crippen LogP contribution in [0.5, 0.6) is 0 Å². The van der Waals surface area contributed by atoms with Crippen LogP contribution in [0.2, 0.25) is 10.0 Å². The van der Waals surface area contributed by atoms with Crippen LogP contribution in [0.4, 0.5) is 5.69 Å². The summed E-state index contributed by atoms with van der Waals surface area (Å²) in [4.78, 5) is 16.7. The van der Waals surface area contributed by atoms with Gasteiger partial charge in [-0.3, -0.25) is 4.79 Å². The third-order valence-corrected chi connectivity index (χ3v) is 5.16. The Labute approximate surface area is 160 Å². The molecule has 0 aliphatic heterocycles. The Balaban J connectivity index is 1.59. The van der Waals surface area contributed by atoms with E-state index in [1.165, 1.54) is 5.56 Å². The summed E-state index contributed by atoms with van der Waals surface area (Å²) in [5.74, 6) is 0.531. The lowest BCUT2D eigenvalue weighted by molar-refractivity contribution is -0.115. The van der Waals surface area contributed by atoms with Crippen LogP contribution >= 0.6 is 35.0 Å². The summed E-state index contributed by atoms with van der Waals surface area (Å²) in [6.45, 7) is 2.07. The number of hydrogen-bond donors (Lipinski definition) is 1. The molecule has 3 rings (SSSR count). The molecule has 3 nitrogen and oxygen atoms in total. The number of nitrogens with one attached hydrogen (secondary N) is 1. The number of carbonyl (C=O) groups excluding carboxylic acids is 1. The summed E-state index contributed by atoms with van der Waals surface area (Å²) < 4.78 is 0. The van der Waals surface area contributed by atoms with Gasteiger partial charge in [0.2, 0.25) is 5.91 Å². The van der Waals surface area contributed by atoms with Crippen LogP contribution in [0.1, 0.15) is 12.0 Å². The summed E-state index contributed by atoms with van der Waals surface area (Å²) in [7, 11) is 0. The highest BCUT2D eigenvalue weighted by Gasteiger charge is 2.08. The van der Waals surface area contributed by atoms with Crippen LogP contribution in [0.25, 0.3) is 10.9 Å². The number of hydrogen-bond acceptors (Lipinski definition) is 3. The minimum absolute atomic E-state index is 0.103. The molecule has 0 aliphatic carbocycles. The minimum Gasteiger partial charge on any atom is -0.325 e. The zero-order chi connectivity index (χ0) is 17.8. The number of fused-ring (bicyclic) bond motifs is 1. The van der Waals surface area contributed by atoms with E-state index in [4.69, 9.17) is 23.2 Å². The number of thioether (sulfide) groups is 1. The number of nitrogens with zero attached hydrogens (tertiary/aromatic N) is 1. The van der Waals surface area contributed by atoms with Gasteiger partial charge in [0.1, 0.15) is 0 Å². The zero-order valence-corrected chi connectivity index (χ0v) is 15.9. The molecule has 0 saturated heterocycles. The maximum atomic E-state index is 12.1. The molecule has 0 spiro atoms. The lowest BCUT2D eigenvalue weighted by Gasteiger charge is -2.08. The Bertz CT molecular complexity index is 930. The predicted octanol–water partition coefficient (Wildman–Crippen LogP) is 5.97. The molecule has 0 saturated carbocycles. The number of aromatic nitrogens is 1. The van der Waals surface area contributed by atoms with Gasteiger partial charge in [0.15, 0.2) is 0 Å². The molecule has 1 aromatic heterocycles. The standard InChI is InChI=1S/C19H16Cl2N2OS/c1-12-10-19(23-16-5-3-2-4-14(12)16)25-9-8-18(24)22-17-11-13(20)6-7-15(17)21/h2-7,10-11H,8-9H2,1H3,(H,22,24). The van der Waals surface area contributed by atoms with E-state index in [0.717, 1.165) is 15.9 Å². The van der Waals surface area contributed by atoms with Gasteiger partial charge < -0.3 is 5.32 Å². The first kappa shape index (κ1) is 18.1. The Morgan fingerprint density at radius 2 is 1.96 bits per heavy atom. The molecular formula is C19H16Cl2N2OS. The minimum atomic E-state index is -0.103. The van der Waals surface area contributed by atoms with Crippen LogP contribution in [0.15, 0.2) is 53.6 Å². The molecule has 0 aliphatic rings. The molecule has 6 heteroatoms. The highest BCUT2D eigenvalue weighted by molar-refractivity contribution is 7.99. The van der Waals surface area contributed by atoms with Crippen molar-refractivity contribution < 1.29 is 4.79 Å². The van der Waals surface area contributed by atoms with Gasteiger partial charge in [-0.1, -0.05) is 41.4 Å². The Hall–Kier alpha value is -1.75. The van der Waals surface area contributed by atoms with Crippen LogP contribution in [0.3, 0.4) is 0 Å². The van der Waals surface area contributed by atoms with Gasteiger partial charge in [-0.25, -0.2) is 4.98 Å². The molecule has 0 radical (unpaired) electrons. The van der Waals surface area contributed by atoms with E-state index >= 15 is 0 Å². The Morgan fingerprint density at radius 3 is 2.80 bits per heavy atom. The maximum absolute atomic E-state index is 12.1. The quantitative estimate of drug-likeness (QED) is 0.545. The number of halogens is 2. The fourth-order valence-corrected chi connectivity index (χ4v) is 3.70. The monoisotopic (exact) mass is 390 g/mol. The van der Waals surface area contributed by atoms with Crippen molar-refractivity contribution in [2.75, 3.05) is 11.1 Å². The number of anilines is 1. The number of amides is 1. The van der Waals surface area contributed by atoms with Crippen molar-refractivity contribution in [3.63, 3.8) is 0 Å². The number of para-hydroxylation sites is 1. The van der Waals surface area contributed by atoms with Crippen molar-refractivity contribution in [1.82, 2.24) is 4.98 Å². The van der Waals surface area contributed by atoms with E-state index in [9.17, 15) is 4.79 Å². The van der Waals surface area contributed by atoms with Gasteiger partial charge in [0.05, 0.1) is 21.3 Å². The molecule has 1 N–H and O–H groups in total. The number of carbonyl (C=O) groups is 1. The Morgan fingerprint density at radius 1 is 1.16 bits per heavy atom. The highest BCUT2D eigenvalue weighted by Crippen LogP contribution is 2.26. The molecule has 25 heavy (non-hydrogen) atoms.